The van der Waals surface area contributed by atoms with Crippen molar-refractivity contribution in [1.82, 2.24) is 5.32 Å². The van der Waals surface area contributed by atoms with Gasteiger partial charge in [0.2, 0.25) is 0 Å². The highest BCUT2D eigenvalue weighted by molar-refractivity contribution is 5.24. The Morgan fingerprint density at radius 2 is 1.81 bits per heavy atom. The first-order chi connectivity index (χ1) is 7.63. The monoisotopic (exact) mass is 229 g/mol. The second kappa shape index (κ2) is 4.45. The number of hydrogen-bond acceptors (Lipinski definition) is 1. The lowest BCUT2D eigenvalue weighted by atomic mass is 10.0. The van der Waals surface area contributed by atoms with Crippen molar-refractivity contribution < 1.29 is 13.2 Å². The predicted molar refractivity (Wildman–Crippen MR) is 55.5 cm³/mol. The largest absolute Gasteiger partial charge is 0.310 e. The van der Waals surface area contributed by atoms with Crippen molar-refractivity contribution >= 4 is 0 Å². The first-order valence-corrected chi connectivity index (χ1v) is 5.51. The molecule has 0 radical (unpaired) electrons. The zero-order chi connectivity index (χ0) is 11.7. The smallest absolute Gasteiger partial charge is 0.194 e. The topological polar surface area (TPSA) is 12.0 Å². The van der Waals surface area contributed by atoms with Crippen molar-refractivity contribution in [2.75, 3.05) is 6.54 Å². The fraction of sp³-hybridized carbons (Fsp3) is 0.500. The number of hydrogen-bond donors (Lipinski definition) is 1. The summed E-state index contributed by atoms with van der Waals surface area (Å²) in [5.74, 6) is -3.20. The summed E-state index contributed by atoms with van der Waals surface area (Å²) in [6, 6.07) is 2.11. The van der Waals surface area contributed by atoms with Crippen molar-refractivity contribution in [3.05, 3.63) is 35.1 Å². The van der Waals surface area contributed by atoms with E-state index in [1.54, 1.807) is 0 Å². The second-order valence-corrected chi connectivity index (χ2v) is 4.17. The Morgan fingerprint density at radius 3 is 2.25 bits per heavy atom. The Kier molecular flexibility index (Phi) is 3.19. The van der Waals surface area contributed by atoms with Gasteiger partial charge in [0, 0.05) is 6.04 Å². The van der Waals surface area contributed by atoms with Gasteiger partial charge in [0.05, 0.1) is 0 Å². The lowest BCUT2D eigenvalue weighted by molar-refractivity contribution is 0.434. The third kappa shape index (κ3) is 2.21. The van der Waals surface area contributed by atoms with Gasteiger partial charge in [-0.2, -0.15) is 0 Å². The Bertz CT molecular complexity index is 365. The highest BCUT2D eigenvalue weighted by Gasteiger charge is 2.32. The van der Waals surface area contributed by atoms with Crippen LogP contribution in [0.4, 0.5) is 13.2 Å². The molecule has 1 aromatic rings. The molecule has 2 rings (SSSR count). The lowest BCUT2D eigenvalue weighted by Gasteiger charge is -2.18. The zero-order valence-corrected chi connectivity index (χ0v) is 9.06. The number of rotatable bonds is 4. The molecule has 0 heterocycles. The molecule has 0 spiro atoms. The van der Waals surface area contributed by atoms with Gasteiger partial charge in [-0.15, -0.1) is 0 Å². The van der Waals surface area contributed by atoms with Crippen LogP contribution in [-0.4, -0.2) is 6.54 Å². The van der Waals surface area contributed by atoms with Gasteiger partial charge in [-0.25, -0.2) is 13.2 Å². The fourth-order valence-corrected chi connectivity index (χ4v) is 1.96. The van der Waals surface area contributed by atoms with E-state index in [4.69, 9.17) is 0 Å². The highest BCUT2D eigenvalue weighted by atomic mass is 19.2. The molecule has 1 saturated carbocycles. The number of benzene rings is 1. The standard InChI is InChI=1S/C12H14F3N/c1-2-16-12(7-3-4-7)8-5-9(13)11(15)10(14)6-8/h5-7,12,16H,2-4H2,1H3. The van der Waals surface area contributed by atoms with Gasteiger partial charge in [0.1, 0.15) is 0 Å². The summed E-state index contributed by atoms with van der Waals surface area (Å²) in [6.45, 7) is 2.66. The van der Waals surface area contributed by atoms with E-state index in [0.29, 0.717) is 11.5 Å². The van der Waals surface area contributed by atoms with Crippen LogP contribution in [0.1, 0.15) is 31.4 Å². The van der Waals surface area contributed by atoms with E-state index >= 15 is 0 Å². The molecule has 1 N–H and O–H groups in total. The Labute approximate surface area is 92.7 Å². The van der Waals surface area contributed by atoms with Crippen LogP contribution in [0.25, 0.3) is 0 Å². The minimum Gasteiger partial charge on any atom is -0.310 e. The molecule has 1 unspecified atom stereocenters. The quantitative estimate of drug-likeness (QED) is 0.782. The van der Waals surface area contributed by atoms with Crippen LogP contribution in [0.15, 0.2) is 12.1 Å². The first kappa shape index (κ1) is 11.5. The third-order valence-electron chi connectivity index (χ3n) is 2.88. The average molecular weight is 229 g/mol. The molecule has 0 bridgehead atoms. The maximum atomic E-state index is 13.1. The minimum atomic E-state index is -1.39. The molecule has 16 heavy (non-hydrogen) atoms. The third-order valence-corrected chi connectivity index (χ3v) is 2.88. The summed E-state index contributed by atoms with van der Waals surface area (Å²) < 4.78 is 39.0. The van der Waals surface area contributed by atoms with Gasteiger partial charge in [-0.1, -0.05) is 6.92 Å². The second-order valence-electron chi connectivity index (χ2n) is 4.17. The molecule has 1 aliphatic rings. The van der Waals surface area contributed by atoms with Crippen molar-refractivity contribution in [3.63, 3.8) is 0 Å². The zero-order valence-electron chi connectivity index (χ0n) is 9.06. The predicted octanol–water partition coefficient (Wildman–Crippen LogP) is 3.16. The molecule has 0 aliphatic heterocycles. The molecular weight excluding hydrogens is 215 g/mol. The summed E-state index contributed by atoms with van der Waals surface area (Å²) in [7, 11) is 0. The number of nitrogens with one attached hydrogen (secondary N) is 1. The fourth-order valence-electron chi connectivity index (χ4n) is 1.96. The SMILES string of the molecule is CCNC(c1cc(F)c(F)c(F)c1)C1CC1. The van der Waals surface area contributed by atoms with E-state index in [1.807, 2.05) is 6.92 Å². The van der Waals surface area contributed by atoms with Gasteiger partial charge in [-0.3, -0.25) is 0 Å². The molecule has 0 saturated heterocycles. The van der Waals surface area contributed by atoms with Crippen LogP contribution in [0.5, 0.6) is 0 Å². The lowest BCUT2D eigenvalue weighted by Crippen LogP contribution is -2.23. The average Bonchev–Trinajstić information content (AvgIpc) is 3.05. The van der Waals surface area contributed by atoms with E-state index in [0.717, 1.165) is 31.5 Å². The minimum absolute atomic E-state index is 0.0606. The van der Waals surface area contributed by atoms with Crippen molar-refractivity contribution in [2.45, 2.75) is 25.8 Å². The Hall–Kier alpha value is -1.03. The van der Waals surface area contributed by atoms with E-state index in [9.17, 15) is 13.2 Å². The highest BCUT2D eigenvalue weighted by Crippen LogP contribution is 2.41. The molecule has 1 nitrogen and oxygen atoms in total. The Morgan fingerprint density at radius 1 is 1.25 bits per heavy atom. The number of halogens is 3. The molecule has 1 atom stereocenters. The van der Waals surface area contributed by atoms with E-state index in [1.165, 1.54) is 0 Å². The molecule has 0 amide bonds. The van der Waals surface area contributed by atoms with Gasteiger partial charge < -0.3 is 5.32 Å². The van der Waals surface area contributed by atoms with Crippen LogP contribution >= 0.6 is 0 Å². The van der Waals surface area contributed by atoms with E-state index in [2.05, 4.69) is 5.32 Å². The molecule has 1 fully saturated rings. The van der Waals surface area contributed by atoms with Crippen molar-refractivity contribution in [1.29, 1.82) is 0 Å². The summed E-state index contributed by atoms with van der Waals surface area (Å²) in [5, 5.41) is 3.18. The van der Waals surface area contributed by atoms with E-state index in [-0.39, 0.29) is 6.04 Å². The van der Waals surface area contributed by atoms with Crippen LogP contribution in [0, 0.1) is 23.4 Å². The Balaban J connectivity index is 2.30. The molecule has 4 heteroatoms. The van der Waals surface area contributed by atoms with Gasteiger partial charge in [0.25, 0.3) is 0 Å². The van der Waals surface area contributed by atoms with Crippen molar-refractivity contribution in [2.24, 2.45) is 5.92 Å². The van der Waals surface area contributed by atoms with Crippen LogP contribution in [0.2, 0.25) is 0 Å². The first-order valence-electron chi connectivity index (χ1n) is 5.51. The molecule has 0 aromatic heterocycles. The molecular formula is C12H14F3N. The van der Waals surface area contributed by atoms with Crippen LogP contribution < -0.4 is 5.32 Å². The summed E-state index contributed by atoms with van der Waals surface area (Å²) in [6.07, 6.45) is 2.11. The van der Waals surface area contributed by atoms with E-state index < -0.39 is 17.5 Å². The van der Waals surface area contributed by atoms with Crippen LogP contribution in [0.3, 0.4) is 0 Å². The summed E-state index contributed by atoms with van der Waals surface area (Å²) in [5.41, 5.74) is 0.501. The summed E-state index contributed by atoms with van der Waals surface area (Å²) >= 11 is 0. The normalized spacial score (nSPS) is 17.5. The van der Waals surface area contributed by atoms with Crippen molar-refractivity contribution in [3.8, 4) is 0 Å². The molecule has 1 aromatic carbocycles. The van der Waals surface area contributed by atoms with Crippen LogP contribution in [-0.2, 0) is 0 Å². The van der Waals surface area contributed by atoms with Gasteiger partial charge >= 0.3 is 0 Å². The maximum Gasteiger partial charge on any atom is 0.194 e. The molecule has 1 aliphatic carbocycles. The van der Waals surface area contributed by atoms with Gasteiger partial charge in [-0.05, 0) is 43.0 Å². The maximum absolute atomic E-state index is 13.1. The van der Waals surface area contributed by atoms with Gasteiger partial charge in [0.15, 0.2) is 17.5 Å². The summed E-state index contributed by atoms with van der Waals surface area (Å²) in [4.78, 5) is 0. The molecule has 88 valence electrons.